The molecule has 0 bridgehead atoms. The molecule has 0 aliphatic carbocycles. The molecule has 0 N–H and O–H groups in total. The number of aldehydes is 1. The average Bonchev–Trinajstić information content (AvgIpc) is 3.55. The summed E-state index contributed by atoms with van der Waals surface area (Å²) in [6, 6.07) is 6.82. The molecule has 4 aromatic rings. The number of anilines is 1. The Bertz CT molecular complexity index is 1270. The van der Waals surface area contributed by atoms with E-state index in [2.05, 4.69) is 25.2 Å². The van der Waals surface area contributed by atoms with Crippen LogP contribution in [0, 0.1) is 12.7 Å². The molecule has 1 aliphatic heterocycles. The molecule has 3 aromatic heterocycles. The molecule has 1 aromatic carbocycles. The van der Waals surface area contributed by atoms with Gasteiger partial charge in [0.2, 0.25) is 0 Å². The van der Waals surface area contributed by atoms with Crippen LogP contribution in [0.4, 0.5) is 10.1 Å². The van der Waals surface area contributed by atoms with E-state index >= 15 is 0 Å². The molecule has 4 heterocycles. The molecule has 0 radical (unpaired) electrons. The van der Waals surface area contributed by atoms with Crippen molar-refractivity contribution in [3.63, 3.8) is 0 Å². The molecule has 33 heavy (non-hydrogen) atoms. The number of benzene rings is 1. The van der Waals surface area contributed by atoms with Gasteiger partial charge in [-0.3, -0.25) is 14.5 Å². The van der Waals surface area contributed by atoms with Gasteiger partial charge in [-0.1, -0.05) is 0 Å². The van der Waals surface area contributed by atoms with Crippen LogP contribution in [0.2, 0.25) is 0 Å². The number of hydrogen-bond acceptors (Lipinski definition) is 7. The maximum absolute atomic E-state index is 13.2. The number of pyridine rings is 1. The number of aromatic nitrogens is 6. The SMILES string of the molecule is Cc1cc(C=O)c(-n2nccn2)c(N2C[C@@H](C)O[C@H]2Cn2cc(-c3ccc(F)cn3)cn2)c1. The molecule has 5 rings (SSSR count). The lowest BCUT2D eigenvalue weighted by molar-refractivity contribution is 0.0465. The van der Waals surface area contributed by atoms with Gasteiger partial charge in [-0.25, -0.2) is 4.39 Å². The Morgan fingerprint density at radius 1 is 1.18 bits per heavy atom. The second kappa shape index (κ2) is 8.55. The zero-order valence-electron chi connectivity index (χ0n) is 18.2. The Labute approximate surface area is 189 Å². The molecule has 0 spiro atoms. The molecular weight excluding hydrogens is 425 g/mol. The van der Waals surface area contributed by atoms with Crippen LogP contribution in [0.5, 0.6) is 0 Å². The summed E-state index contributed by atoms with van der Waals surface area (Å²) < 4.78 is 21.2. The van der Waals surface area contributed by atoms with Crippen molar-refractivity contribution in [2.75, 3.05) is 11.4 Å². The van der Waals surface area contributed by atoms with E-state index in [1.165, 1.54) is 17.1 Å². The largest absolute Gasteiger partial charge is 0.352 e. The average molecular weight is 447 g/mol. The van der Waals surface area contributed by atoms with Crippen LogP contribution in [0.1, 0.15) is 22.8 Å². The predicted molar refractivity (Wildman–Crippen MR) is 119 cm³/mol. The summed E-state index contributed by atoms with van der Waals surface area (Å²) in [6.07, 6.45) is 8.35. The fourth-order valence-electron chi connectivity index (χ4n) is 4.12. The molecule has 168 valence electrons. The number of ether oxygens (including phenoxy) is 1. The lowest BCUT2D eigenvalue weighted by Crippen LogP contribution is -2.35. The van der Waals surface area contributed by atoms with Gasteiger partial charge in [-0.15, -0.1) is 4.80 Å². The van der Waals surface area contributed by atoms with Crippen molar-refractivity contribution >= 4 is 12.0 Å². The highest BCUT2D eigenvalue weighted by Gasteiger charge is 2.34. The van der Waals surface area contributed by atoms with Gasteiger partial charge in [0.05, 0.1) is 48.8 Å². The number of carbonyl (C=O) groups excluding carboxylic acids is 1. The summed E-state index contributed by atoms with van der Waals surface area (Å²) in [5.41, 5.74) is 4.30. The van der Waals surface area contributed by atoms with Crippen LogP contribution in [0.25, 0.3) is 16.9 Å². The first kappa shape index (κ1) is 21.0. The van der Waals surface area contributed by atoms with Gasteiger partial charge >= 0.3 is 0 Å². The highest BCUT2D eigenvalue weighted by Crippen LogP contribution is 2.33. The minimum Gasteiger partial charge on any atom is -0.352 e. The number of hydrogen-bond donors (Lipinski definition) is 0. The van der Waals surface area contributed by atoms with Crippen LogP contribution in [-0.4, -0.2) is 54.9 Å². The minimum atomic E-state index is -0.384. The van der Waals surface area contributed by atoms with Gasteiger partial charge in [0.15, 0.2) is 12.5 Å². The third kappa shape index (κ3) is 4.12. The Morgan fingerprint density at radius 2 is 2.00 bits per heavy atom. The fraction of sp³-hybridized carbons (Fsp3) is 0.261. The zero-order valence-corrected chi connectivity index (χ0v) is 18.2. The van der Waals surface area contributed by atoms with Crippen LogP contribution >= 0.6 is 0 Å². The number of carbonyl (C=O) groups is 1. The van der Waals surface area contributed by atoms with Crippen molar-refractivity contribution in [3.05, 3.63) is 72.2 Å². The fourth-order valence-corrected chi connectivity index (χ4v) is 4.12. The van der Waals surface area contributed by atoms with Crippen molar-refractivity contribution < 1.29 is 13.9 Å². The minimum absolute atomic E-state index is 0.0255. The highest BCUT2D eigenvalue weighted by atomic mass is 19.1. The summed E-state index contributed by atoms with van der Waals surface area (Å²) in [6.45, 7) is 5.03. The molecule has 1 aliphatic rings. The van der Waals surface area contributed by atoms with Gasteiger partial charge in [0.1, 0.15) is 11.5 Å². The van der Waals surface area contributed by atoms with Crippen molar-refractivity contribution in [3.8, 4) is 16.9 Å². The number of nitrogens with zero attached hydrogens (tertiary/aromatic N) is 7. The maximum Gasteiger partial charge on any atom is 0.152 e. The van der Waals surface area contributed by atoms with E-state index in [0.29, 0.717) is 30.0 Å². The number of aryl methyl sites for hydroxylation is 1. The lowest BCUT2D eigenvalue weighted by atomic mass is 10.1. The molecule has 2 atom stereocenters. The Balaban J connectivity index is 1.48. The van der Waals surface area contributed by atoms with Gasteiger partial charge in [0, 0.05) is 23.9 Å². The van der Waals surface area contributed by atoms with E-state index in [1.807, 2.05) is 32.2 Å². The molecule has 1 fully saturated rings. The first-order chi connectivity index (χ1) is 16.0. The van der Waals surface area contributed by atoms with E-state index < -0.39 is 0 Å². The zero-order chi connectivity index (χ0) is 22.9. The summed E-state index contributed by atoms with van der Waals surface area (Å²) in [4.78, 5) is 19.6. The van der Waals surface area contributed by atoms with Crippen LogP contribution in [-0.2, 0) is 11.3 Å². The molecule has 0 unspecified atom stereocenters. The normalized spacial score (nSPS) is 18.1. The highest BCUT2D eigenvalue weighted by molar-refractivity contribution is 5.86. The first-order valence-corrected chi connectivity index (χ1v) is 10.5. The molecule has 1 saturated heterocycles. The molecular formula is C23H22FN7O2. The van der Waals surface area contributed by atoms with Crippen LogP contribution in [0.15, 0.2) is 55.2 Å². The lowest BCUT2D eigenvalue weighted by Gasteiger charge is -2.27. The monoisotopic (exact) mass is 447 g/mol. The van der Waals surface area contributed by atoms with Crippen molar-refractivity contribution in [1.82, 2.24) is 29.8 Å². The quantitative estimate of drug-likeness (QED) is 0.420. The molecule has 0 amide bonds. The Morgan fingerprint density at radius 3 is 2.73 bits per heavy atom. The summed E-state index contributed by atoms with van der Waals surface area (Å²) in [7, 11) is 0. The third-order valence-electron chi connectivity index (χ3n) is 5.51. The van der Waals surface area contributed by atoms with E-state index in [9.17, 15) is 9.18 Å². The topological polar surface area (TPSA) is 91.0 Å². The van der Waals surface area contributed by atoms with E-state index in [0.717, 1.165) is 23.1 Å². The smallest absolute Gasteiger partial charge is 0.152 e. The van der Waals surface area contributed by atoms with E-state index in [1.54, 1.807) is 29.3 Å². The van der Waals surface area contributed by atoms with Gasteiger partial charge in [0.25, 0.3) is 0 Å². The second-order valence-corrected chi connectivity index (χ2v) is 8.02. The van der Waals surface area contributed by atoms with Crippen LogP contribution in [0.3, 0.4) is 0 Å². The maximum atomic E-state index is 13.2. The van der Waals surface area contributed by atoms with Crippen molar-refractivity contribution in [2.24, 2.45) is 0 Å². The standard InChI is InChI=1S/C23H22FN7O2/c1-15-7-17(14-32)23(31-26-5-6-27-31)21(8-15)30-11-16(2)33-22(30)13-29-12-18(9-28-29)20-4-3-19(24)10-25-20/h3-10,12,14,16,22H,11,13H2,1-2H3/t16-,22+/m1/s1. The van der Waals surface area contributed by atoms with Crippen molar-refractivity contribution in [2.45, 2.75) is 32.7 Å². The summed E-state index contributed by atoms with van der Waals surface area (Å²) >= 11 is 0. The summed E-state index contributed by atoms with van der Waals surface area (Å²) in [5.74, 6) is -0.384. The number of rotatable bonds is 6. The molecule has 10 heteroatoms. The first-order valence-electron chi connectivity index (χ1n) is 10.5. The van der Waals surface area contributed by atoms with Gasteiger partial charge in [-0.2, -0.15) is 15.3 Å². The van der Waals surface area contributed by atoms with Gasteiger partial charge < -0.3 is 9.64 Å². The predicted octanol–water partition coefficient (Wildman–Crippen LogP) is 3.04. The third-order valence-corrected chi connectivity index (χ3v) is 5.51. The second-order valence-electron chi connectivity index (χ2n) is 8.02. The Hall–Kier alpha value is -3.92. The molecule has 9 nitrogen and oxygen atoms in total. The Kier molecular flexibility index (Phi) is 5.43. The van der Waals surface area contributed by atoms with Crippen LogP contribution < -0.4 is 4.90 Å². The summed E-state index contributed by atoms with van der Waals surface area (Å²) in [5, 5.41) is 13.0. The molecule has 0 saturated carbocycles. The van der Waals surface area contributed by atoms with Crippen molar-refractivity contribution in [1.29, 1.82) is 0 Å². The van der Waals surface area contributed by atoms with E-state index in [4.69, 9.17) is 4.74 Å². The van der Waals surface area contributed by atoms with E-state index in [-0.39, 0.29) is 18.1 Å². The van der Waals surface area contributed by atoms with Gasteiger partial charge in [-0.05, 0) is 43.7 Å². The number of halogens is 1.